The van der Waals surface area contributed by atoms with Gasteiger partial charge >= 0.3 is 0 Å². The molecule has 1 fully saturated rings. The van der Waals surface area contributed by atoms with E-state index in [0.717, 1.165) is 44.2 Å². The lowest BCUT2D eigenvalue weighted by molar-refractivity contribution is -0.112. The van der Waals surface area contributed by atoms with Gasteiger partial charge in [-0.15, -0.1) is 0 Å². The van der Waals surface area contributed by atoms with Gasteiger partial charge in [0.2, 0.25) is 0 Å². The van der Waals surface area contributed by atoms with Crippen LogP contribution < -0.4 is 15.3 Å². The van der Waals surface area contributed by atoms with Gasteiger partial charge in [0.15, 0.2) is 11.3 Å². The van der Waals surface area contributed by atoms with E-state index < -0.39 is 0 Å². The number of hydrogen-bond donors (Lipinski definition) is 0. The van der Waals surface area contributed by atoms with Crippen LogP contribution in [-0.4, -0.2) is 13.0 Å². The molecule has 2 heterocycles. The Balaban J connectivity index is 1.76. The summed E-state index contributed by atoms with van der Waals surface area (Å²) in [6.07, 6.45) is 3.94. The van der Waals surface area contributed by atoms with Crippen molar-refractivity contribution in [3.05, 3.63) is 52.7 Å². The molecule has 2 aromatic carbocycles. The van der Waals surface area contributed by atoms with Crippen molar-refractivity contribution in [2.75, 3.05) is 7.11 Å². The summed E-state index contributed by atoms with van der Waals surface area (Å²) < 4.78 is 11.5. The summed E-state index contributed by atoms with van der Waals surface area (Å²) in [5, 5.41) is 2.65. The largest absolute Gasteiger partial charge is 0.493 e. The van der Waals surface area contributed by atoms with E-state index >= 15 is 0 Å². The minimum absolute atomic E-state index is 0.193. The number of carbonyl (C=O) groups excluding carboxylic acids is 1. The van der Waals surface area contributed by atoms with Crippen LogP contribution >= 0.6 is 0 Å². The standard InChI is InChI=1S/C20H15NO3/c1-23-17-7-6-14(15-10-18(11-2-3-11)24-20(15)17)12-4-5-13-9-19(22)21-16(13)8-12/h4-11H,2-3H2,1H3. The Morgan fingerprint density at radius 2 is 2.04 bits per heavy atom. The lowest BCUT2D eigenvalue weighted by Gasteiger charge is -2.06. The van der Waals surface area contributed by atoms with E-state index in [2.05, 4.69) is 11.1 Å². The van der Waals surface area contributed by atoms with Crippen LogP contribution in [0.2, 0.25) is 0 Å². The van der Waals surface area contributed by atoms with Gasteiger partial charge in [0.05, 0.1) is 12.5 Å². The monoisotopic (exact) mass is 317 g/mol. The van der Waals surface area contributed by atoms with Crippen LogP contribution in [0.1, 0.15) is 24.5 Å². The molecule has 3 aromatic rings. The molecule has 0 atom stereocenters. The van der Waals surface area contributed by atoms with Gasteiger partial charge in [-0.2, -0.15) is 0 Å². The Hall–Kier alpha value is -2.88. The second kappa shape index (κ2) is 4.81. The molecule has 1 aliphatic heterocycles. The highest BCUT2D eigenvalue weighted by Crippen LogP contribution is 2.45. The molecule has 1 aliphatic carbocycles. The molecular formula is C20H15NO3. The van der Waals surface area contributed by atoms with Gasteiger partial charge in [-0.05, 0) is 48.2 Å². The third-order valence-corrected chi connectivity index (χ3v) is 4.72. The van der Waals surface area contributed by atoms with Gasteiger partial charge in [-0.3, -0.25) is 4.79 Å². The summed E-state index contributed by atoms with van der Waals surface area (Å²) in [6, 6.07) is 12.0. The maximum Gasteiger partial charge on any atom is 0.270 e. The van der Waals surface area contributed by atoms with E-state index in [-0.39, 0.29) is 5.91 Å². The smallest absolute Gasteiger partial charge is 0.270 e. The van der Waals surface area contributed by atoms with E-state index in [1.807, 2.05) is 30.3 Å². The Morgan fingerprint density at radius 1 is 1.17 bits per heavy atom. The predicted octanol–water partition coefficient (Wildman–Crippen LogP) is 2.93. The average Bonchev–Trinajstić information content (AvgIpc) is 3.22. The molecule has 0 saturated heterocycles. The number of benzene rings is 2. The van der Waals surface area contributed by atoms with Gasteiger partial charge in [0.1, 0.15) is 5.76 Å². The van der Waals surface area contributed by atoms with Crippen molar-refractivity contribution >= 4 is 23.0 Å². The van der Waals surface area contributed by atoms with Crippen LogP contribution in [0.3, 0.4) is 0 Å². The second-order valence-electron chi connectivity index (χ2n) is 6.35. The summed E-state index contributed by atoms with van der Waals surface area (Å²) in [5.74, 6) is 2.12. The van der Waals surface area contributed by atoms with Crippen molar-refractivity contribution in [1.82, 2.24) is 0 Å². The van der Waals surface area contributed by atoms with E-state index in [0.29, 0.717) is 5.92 Å². The predicted molar refractivity (Wildman–Crippen MR) is 90.4 cm³/mol. The first kappa shape index (κ1) is 13.5. The van der Waals surface area contributed by atoms with E-state index in [4.69, 9.17) is 9.15 Å². The zero-order chi connectivity index (χ0) is 16.3. The summed E-state index contributed by atoms with van der Waals surface area (Å²) in [7, 11) is 1.66. The topological polar surface area (TPSA) is 51.8 Å². The zero-order valence-corrected chi connectivity index (χ0v) is 13.2. The molecule has 1 amide bonds. The molecule has 0 N–H and O–H groups in total. The summed E-state index contributed by atoms with van der Waals surface area (Å²) in [5.41, 5.74) is 2.88. The quantitative estimate of drug-likeness (QED) is 0.746. The third-order valence-electron chi connectivity index (χ3n) is 4.72. The molecule has 0 bridgehead atoms. The van der Waals surface area contributed by atoms with Crippen LogP contribution in [0.4, 0.5) is 0 Å². The lowest BCUT2D eigenvalue weighted by Crippen LogP contribution is -2.20. The Morgan fingerprint density at radius 3 is 2.83 bits per heavy atom. The Kier molecular flexibility index (Phi) is 2.71. The van der Waals surface area contributed by atoms with Gasteiger partial charge in [0, 0.05) is 22.6 Å². The maximum atomic E-state index is 11.5. The average molecular weight is 317 g/mol. The fourth-order valence-electron chi connectivity index (χ4n) is 3.31. The summed E-state index contributed by atoms with van der Waals surface area (Å²) in [6.45, 7) is 0. The molecular weight excluding hydrogens is 302 g/mol. The van der Waals surface area contributed by atoms with Crippen LogP contribution in [0, 0.1) is 0 Å². The normalized spacial score (nSPS) is 16.0. The number of carbonyl (C=O) groups is 1. The first-order chi connectivity index (χ1) is 11.7. The number of rotatable bonds is 3. The van der Waals surface area contributed by atoms with E-state index in [1.165, 1.54) is 12.8 Å². The minimum Gasteiger partial charge on any atom is -0.493 e. The van der Waals surface area contributed by atoms with Crippen molar-refractivity contribution in [3.8, 4) is 16.9 Å². The first-order valence-electron chi connectivity index (χ1n) is 8.08. The molecule has 24 heavy (non-hydrogen) atoms. The maximum absolute atomic E-state index is 11.5. The minimum atomic E-state index is -0.193. The number of furan rings is 1. The number of fused-ring (bicyclic) bond motifs is 2. The number of ether oxygens (including phenoxy) is 1. The highest BCUT2D eigenvalue weighted by Gasteiger charge is 2.28. The molecule has 2 aliphatic rings. The van der Waals surface area contributed by atoms with Gasteiger partial charge in [-0.25, -0.2) is 4.99 Å². The fraction of sp³-hybridized carbons (Fsp3) is 0.200. The highest BCUT2D eigenvalue weighted by molar-refractivity contribution is 6.06. The third kappa shape index (κ3) is 1.99. The van der Waals surface area contributed by atoms with Crippen molar-refractivity contribution in [1.29, 1.82) is 0 Å². The molecule has 0 radical (unpaired) electrons. The zero-order valence-electron chi connectivity index (χ0n) is 13.2. The number of hydrogen-bond acceptors (Lipinski definition) is 3. The summed E-state index contributed by atoms with van der Waals surface area (Å²) >= 11 is 0. The second-order valence-corrected chi connectivity index (χ2v) is 6.35. The molecule has 1 aromatic heterocycles. The van der Waals surface area contributed by atoms with Gasteiger partial charge in [0.25, 0.3) is 5.91 Å². The van der Waals surface area contributed by atoms with Crippen molar-refractivity contribution in [2.24, 2.45) is 4.99 Å². The molecule has 4 nitrogen and oxygen atoms in total. The van der Waals surface area contributed by atoms with Crippen molar-refractivity contribution in [2.45, 2.75) is 18.8 Å². The first-order valence-corrected chi connectivity index (χ1v) is 8.08. The molecule has 1 saturated carbocycles. The molecule has 4 heteroatoms. The van der Waals surface area contributed by atoms with Crippen molar-refractivity contribution < 1.29 is 13.9 Å². The highest BCUT2D eigenvalue weighted by atomic mass is 16.5. The van der Waals surface area contributed by atoms with E-state index in [9.17, 15) is 4.79 Å². The van der Waals surface area contributed by atoms with E-state index in [1.54, 1.807) is 13.2 Å². The van der Waals surface area contributed by atoms with Crippen LogP contribution in [0.5, 0.6) is 5.75 Å². The molecule has 118 valence electrons. The summed E-state index contributed by atoms with van der Waals surface area (Å²) in [4.78, 5) is 15.5. The SMILES string of the molecule is COc1ccc(-c2ccc3c(c2)=NC(=O)C=3)c2cc(C3CC3)oc12. The number of amides is 1. The van der Waals surface area contributed by atoms with Crippen LogP contribution in [-0.2, 0) is 4.79 Å². The molecule has 5 rings (SSSR count). The fourth-order valence-corrected chi connectivity index (χ4v) is 3.31. The molecule has 0 unspecified atom stereocenters. The Bertz CT molecular complexity index is 1120. The van der Waals surface area contributed by atoms with Crippen LogP contribution in [0.25, 0.3) is 28.2 Å². The lowest BCUT2D eigenvalue weighted by atomic mass is 10.0. The van der Waals surface area contributed by atoms with Gasteiger partial charge < -0.3 is 9.15 Å². The van der Waals surface area contributed by atoms with Crippen LogP contribution in [0.15, 0.2) is 45.8 Å². The number of methoxy groups -OCH3 is 1. The Labute approximate surface area is 138 Å². The van der Waals surface area contributed by atoms with Gasteiger partial charge in [-0.1, -0.05) is 12.1 Å². The van der Waals surface area contributed by atoms with Crippen molar-refractivity contribution in [3.63, 3.8) is 0 Å². The number of nitrogens with zero attached hydrogens (tertiary/aromatic N) is 1. The molecule has 0 spiro atoms.